The summed E-state index contributed by atoms with van der Waals surface area (Å²) in [4.78, 5) is 0. The molecular weight excluding hydrogens is 255 g/mol. The van der Waals surface area contributed by atoms with Gasteiger partial charge in [0.15, 0.2) is 0 Å². The van der Waals surface area contributed by atoms with Gasteiger partial charge in [0.05, 0.1) is 0 Å². The molecule has 0 amide bonds. The Labute approximate surface area is 103 Å². The molecule has 3 heteroatoms. The zero-order valence-corrected chi connectivity index (χ0v) is 11.3. The second-order valence-electron chi connectivity index (χ2n) is 0. The van der Waals surface area contributed by atoms with Crippen molar-refractivity contribution in [3.63, 3.8) is 0 Å². The Morgan fingerprint density at radius 1 is 0.385 bits per heavy atom. The van der Waals surface area contributed by atoms with Crippen molar-refractivity contribution in [3.05, 3.63) is 0 Å². The maximum Gasteiger partial charge on any atom is 0 e. The fourth-order valence-electron chi connectivity index (χ4n) is 0. The monoisotopic (exact) mass is 292 g/mol. The summed E-state index contributed by atoms with van der Waals surface area (Å²) in [5.74, 6) is 0. The van der Waals surface area contributed by atoms with Crippen LogP contribution in [0.2, 0.25) is 0 Å². The molecule has 0 aromatic rings. The summed E-state index contributed by atoms with van der Waals surface area (Å²) in [5.41, 5.74) is 0. The molecule has 0 bridgehead atoms. The molecule has 6 N–H and O–H groups in total. The molecule has 13 heavy (non-hydrogen) atoms. The number of hydrogen-bond acceptors (Lipinski definition) is 2. The summed E-state index contributed by atoms with van der Waals surface area (Å²) >= 11 is 0. The summed E-state index contributed by atoms with van der Waals surface area (Å²) in [7, 11) is 0. The van der Waals surface area contributed by atoms with E-state index in [1.54, 1.807) is 0 Å². The van der Waals surface area contributed by atoms with Gasteiger partial charge >= 0.3 is 0 Å². The van der Waals surface area contributed by atoms with Gasteiger partial charge in [0, 0.05) is 20.4 Å². The van der Waals surface area contributed by atoms with Crippen molar-refractivity contribution >= 4 is 0 Å². The third-order valence-corrected chi connectivity index (χ3v) is 0. The number of rotatable bonds is 0. The van der Waals surface area contributed by atoms with Gasteiger partial charge < -0.3 is 12.3 Å². The minimum absolute atomic E-state index is 0. The molecule has 0 aromatic carbocycles. The van der Waals surface area contributed by atoms with Crippen LogP contribution < -0.4 is 12.3 Å². The average molecular weight is 293 g/mol. The van der Waals surface area contributed by atoms with Crippen molar-refractivity contribution in [2.75, 3.05) is 0 Å². The first kappa shape index (κ1) is 102. The molecule has 0 heterocycles. The van der Waals surface area contributed by atoms with E-state index in [1.807, 2.05) is 55.4 Å². The second kappa shape index (κ2) is 4980. The standard InChI is InChI=1S/4C2H6.2CH4.2H3N.Pd/c4*1-2;;;;;/h4*1-2H3;2*1H4;2*1H3;. The Bertz CT molecular complexity index is 12.9. The smallest absolute Gasteiger partial charge is 0 e. The van der Waals surface area contributed by atoms with Crippen LogP contribution in [0.15, 0.2) is 0 Å². The van der Waals surface area contributed by atoms with E-state index in [0.29, 0.717) is 0 Å². The topological polar surface area (TPSA) is 70.0 Å². The van der Waals surface area contributed by atoms with E-state index >= 15 is 0 Å². The second-order valence-corrected chi connectivity index (χ2v) is 0. The normalized spacial score (nSPS) is 1.85. The molecule has 0 spiro atoms. The summed E-state index contributed by atoms with van der Waals surface area (Å²) in [6.07, 6.45) is 0. The van der Waals surface area contributed by atoms with Crippen molar-refractivity contribution in [1.29, 1.82) is 0 Å². The molecule has 0 saturated heterocycles. The molecule has 98 valence electrons. The third-order valence-electron chi connectivity index (χ3n) is 0. The van der Waals surface area contributed by atoms with Gasteiger partial charge in [-0.1, -0.05) is 70.2 Å². The van der Waals surface area contributed by atoms with Gasteiger partial charge in [-0.15, -0.1) is 0 Å². The van der Waals surface area contributed by atoms with Gasteiger partial charge in [0.2, 0.25) is 0 Å². The molecule has 0 aliphatic rings. The van der Waals surface area contributed by atoms with Gasteiger partial charge in [-0.2, -0.15) is 0 Å². The van der Waals surface area contributed by atoms with Crippen LogP contribution in [0.5, 0.6) is 0 Å². The van der Waals surface area contributed by atoms with Gasteiger partial charge in [-0.05, 0) is 0 Å². The van der Waals surface area contributed by atoms with Crippen molar-refractivity contribution in [3.8, 4) is 0 Å². The van der Waals surface area contributed by atoms with E-state index < -0.39 is 0 Å². The van der Waals surface area contributed by atoms with Crippen LogP contribution in [0.1, 0.15) is 70.2 Å². The largest absolute Gasteiger partial charge is 0.344 e. The first-order chi connectivity index (χ1) is 4.00. The molecule has 0 aliphatic heterocycles. The molecular formula is C10H38N2Pd. The van der Waals surface area contributed by atoms with Gasteiger partial charge in [0.25, 0.3) is 0 Å². The third kappa shape index (κ3) is 4160. The molecule has 0 unspecified atom stereocenters. The van der Waals surface area contributed by atoms with Crippen LogP contribution in [-0.2, 0) is 20.4 Å². The molecule has 0 atom stereocenters. The molecule has 0 saturated carbocycles. The Kier molecular flexibility index (Phi) is 39200. The SMILES string of the molecule is C.C.CC.CC.CC.CC.N.N.[Pd]. The van der Waals surface area contributed by atoms with Crippen molar-refractivity contribution in [2.24, 2.45) is 0 Å². The van der Waals surface area contributed by atoms with Crippen LogP contribution in [0.3, 0.4) is 0 Å². The minimum atomic E-state index is 0. The van der Waals surface area contributed by atoms with Crippen molar-refractivity contribution in [2.45, 2.75) is 70.2 Å². The fourth-order valence-corrected chi connectivity index (χ4v) is 0. The van der Waals surface area contributed by atoms with Gasteiger partial charge in [-0.25, -0.2) is 0 Å². The molecule has 0 radical (unpaired) electrons. The maximum atomic E-state index is 2.00. The first-order valence-electron chi connectivity index (χ1n) is 4.00. The van der Waals surface area contributed by atoms with E-state index in [2.05, 4.69) is 0 Å². The van der Waals surface area contributed by atoms with Gasteiger partial charge in [0.1, 0.15) is 0 Å². The minimum Gasteiger partial charge on any atom is -0.344 e. The Morgan fingerprint density at radius 2 is 0.385 bits per heavy atom. The van der Waals surface area contributed by atoms with E-state index in [4.69, 9.17) is 0 Å². The number of hydrogen-bond donors (Lipinski definition) is 2. The van der Waals surface area contributed by atoms with Crippen LogP contribution in [0, 0.1) is 0 Å². The maximum absolute atomic E-state index is 2.00. The predicted molar refractivity (Wildman–Crippen MR) is 68.9 cm³/mol. The average Bonchev–Trinajstić information content (AvgIpc) is 2.03. The molecule has 0 aromatic heterocycles. The van der Waals surface area contributed by atoms with Crippen molar-refractivity contribution < 1.29 is 20.4 Å². The Hall–Kier alpha value is 0.582. The summed E-state index contributed by atoms with van der Waals surface area (Å²) in [6.45, 7) is 16.0. The van der Waals surface area contributed by atoms with Crippen LogP contribution in [0.4, 0.5) is 0 Å². The van der Waals surface area contributed by atoms with E-state index in [0.717, 1.165) is 0 Å². The van der Waals surface area contributed by atoms with Crippen LogP contribution >= 0.6 is 0 Å². The molecule has 2 nitrogen and oxygen atoms in total. The quantitative estimate of drug-likeness (QED) is 0.562. The van der Waals surface area contributed by atoms with E-state index in [1.165, 1.54) is 0 Å². The first-order valence-corrected chi connectivity index (χ1v) is 4.00. The predicted octanol–water partition coefficient (Wildman–Crippen LogP) is 5.70. The zero-order chi connectivity index (χ0) is 8.00. The summed E-state index contributed by atoms with van der Waals surface area (Å²) in [5, 5.41) is 0. The zero-order valence-electron chi connectivity index (χ0n) is 9.73. The van der Waals surface area contributed by atoms with Crippen molar-refractivity contribution in [1.82, 2.24) is 12.3 Å². The Balaban J connectivity index is -0.00000000208. The fraction of sp³-hybridized carbons (Fsp3) is 1.00. The van der Waals surface area contributed by atoms with Gasteiger partial charge in [-0.3, -0.25) is 0 Å². The van der Waals surface area contributed by atoms with E-state index in [9.17, 15) is 0 Å². The molecule has 0 aliphatic carbocycles. The molecule has 0 fully saturated rings. The Morgan fingerprint density at radius 3 is 0.385 bits per heavy atom. The summed E-state index contributed by atoms with van der Waals surface area (Å²) in [6, 6.07) is 0. The summed E-state index contributed by atoms with van der Waals surface area (Å²) < 4.78 is 0. The van der Waals surface area contributed by atoms with Crippen LogP contribution in [0.25, 0.3) is 0 Å². The van der Waals surface area contributed by atoms with Crippen LogP contribution in [-0.4, -0.2) is 0 Å². The van der Waals surface area contributed by atoms with E-state index in [-0.39, 0.29) is 47.6 Å². The molecule has 0 rings (SSSR count).